The van der Waals surface area contributed by atoms with Crippen LogP contribution in [0.5, 0.6) is 0 Å². The molecular formula is C7H8BrN3O. The average Bonchev–Trinajstić information content (AvgIpc) is 2.29. The van der Waals surface area contributed by atoms with Gasteiger partial charge in [0.25, 0.3) is 5.91 Å². The van der Waals surface area contributed by atoms with Crippen LogP contribution >= 0.6 is 15.9 Å². The monoisotopic (exact) mass is 229 g/mol. The first kappa shape index (κ1) is 7.79. The van der Waals surface area contributed by atoms with E-state index in [-0.39, 0.29) is 5.91 Å². The molecule has 0 aromatic carbocycles. The molecule has 1 N–H and O–H groups in total. The van der Waals surface area contributed by atoms with Gasteiger partial charge in [0.15, 0.2) is 0 Å². The fraction of sp³-hybridized carbons (Fsp3) is 0.429. The molecule has 0 atom stereocenters. The Morgan fingerprint density at radius 3 is 3.08 bits per heavy atom. The van der Waals surface area contributed by atoms with Crippen LogP contribution in [-0.4, -0.2) is 22.2 Å². The lowest BCUT2D eigenvalue weighted by molar-refractivity contribution is 0.0923. The molecule has 0 radical (unpaired) electrons. The van der Waals surface area contributed by atoms with Crippen LogP contribution in [0.4, 0.5) is 0 Å². The molecule has 1 aromatic heterocycles. The van der Waals surface area contributed by atoms with Gasteiger partial charge in [-0.25, -0.2) is 0 Å². The van der Waals surface area contributed by atoms with E-state index in [0.29, 0.717) is 12.2 Å². The summed E-state index contributed by atoms with van der Waals surface area (Å²) in [6, 6.07) is 0. The minimum Gasteiger partial charge on any atom is -0.349 e. The minimum absolute atomic E-state index is 0.0306. The van der Waals surface area contributed by atoms with Gasteiger partial charge in [0, 0.05) is 12.1 Å². The topological polar surface area (TPSA) is 46.9 Å². The zero-order valence-corrected chi connectivity index (χ0v) is 8.18. The van der Waals surface area contributed by atoms with E-state index in [1.165, 1.54) is 0 Å². The lowest BCUT2D eigenvalue weighted by Gasteiger charge is -2.14. The molecule has 2 heterocycles. The van der Waals surface area contributed by atoms with Crippen molar-refractivity contribution in [1.82, 2.24) is 15.1 Å². The Morgan fingerprint density at radius 1 is 1.67 bits per heavy atom. The molecule has 64 valence electrons. The lowest BCUT2D eigenvalue weighted by Crippen LogP contribution is -2.35. The molecule has 4 nitrogen and oxygen atoms in total. The smallest absolute Gasteiger partial charge is 0.269 e. The summed E-state index contributed by atoms with van der Waals surface area (Å²) in [6.45, 7) is 3.31. The van der Waals surface area contributed by atoms with Crippen molar-refractivity contribution >= 4 is 21.8 Å². The van der Waals surface area contributed by atoms with E-state index in [4.69, 9.17) is 0 Å². The van der Waals surface area contributed by atoms with Gasteiger partial charge in [-0.3, -0.25) is 9.48 Å². The Bertz CT molecular complexity index is 345. The minimum atomic E-state index is -0.0306. The van der Waals surface area contributed by atoms with Gasteiger partial charge in [-0.2, -0.15) is 5.10 Å². The molecule has 0 spiro atoms. The predicted octanol–water partition coefficient (Wildman–Crippen LogP) is 0.697. The van der Waals surface area contributed by atoms with E-state index in [0.717, 1.165) is 16.7 Å². The highest BCUT2D eigenvalue weighted by Crippen LogP contribution is 2.19. The molecule has 12 heavy (non-hydrogen) atoms. The van der Waals surface area contributed by atoms with Crippen LogP contribution in [0.1, 0.15) is 16.1 Å². The number of nitrogens with one attached hydrogen (secondary N) is 1. The van der Waals surface area contributed by atoms with Crippen molar-refractivity contribution in [2.75, 3.05) is 6.54 Å². The van der Waals surface area contributed by atoms with Gasteiger partial charge >= 0.3 is 0 Å². The third-order valence-electron chi connectivity index (χ3n) is 1.96. The molecule has 0 bridgehead atoms. The molecule has 1 aromatic rings. The van der Waals surface area contributed by atoms with Gasteiger partial charge in [0.2, 0.25) is 0 Å². The lowest BCUT2D eigenvalue weighted by atomic mass is 10.2. The van der Waals surface area contributed by atoms with Gasteiger partial charge in [-0.15, -0.1) is 0 Å². The second-order valence-corrected chi connectivity index (χ2v) is 3.49. The summed E-state index contributed by atoms with van der Waals surface area (Å²) in [5.41, 5.74) is 1.58. The number of halogens is 1. The fourth-order valence-corrected chi connectivity index (χ4v) is 1.71. The Labute approximate surface area is 78.1 Å². The third-order valence-corrected chi connectivity index (χ3v) is 2.71. The van der Waals surface area contributed by atoms with Crippen LogP contribution in [0.3, 0.4) is 0 Å². The summed E-state index contributed by atoms with van der Waals surface area (Å²) < 4.78 is 2.49. The number of aromatic nitrogens is 2. The number of carbonyl (C=O) groups is 1. The Morgan fingerprint density at radius 2 is 2.42 bits per heavy atom. The molecule has 0 saturated heterocycles. The van der Waals surface area contributed by atoms with Gasteiger partial charge in [0.1, 0.15) is 10.3 Å². The molecule has 0 fully saturated rings. The summed E-state index contributed by atoms with van der Waals surface area (Å²) in [4.78, 5) is 11.3. The molecule has 0 unspecified atom stereocenters. The first-order valence-corrected chi connectivity index (χ1v) is 4.50. The van der Waals surface area contributed by atoms with Crippen LogP contribution in [0.15, 0.2) is 4.60 Å². The molecule has 5 heteroatoms. The number of hydrogen-bond acceptors (Lipinski definition) is 2. The molecule has 1 amide bonds. The number of fused-ring (bicyclic) bond motifs is 1. The van der Waals surface area contributed by atoms with Gasteiger partial charge < -0.3 is 5.32 Å². The highest BCUT2D eigenvalue weighted by Gasteiger charge is 2.22. The average molecular weight is 230 g/mol. The molecule has 1 aliphatic rings. The maximum atomic E-state index is 11.3. The Hall–Kier alpha value is -0.840. The maximum absolute atomic E-state index is 11.3. The van der Waals surface area contributed by atoms with E-state index in [2.05, 4.69) is 26.3 Å². The van der Waals surface area contributed by atoms with Crippen LogP contribution in [0, 0.1) is 6.92 Å². The number of hydrogen-bond donors (Lipinski definition) is 1. The first-order chi connectivity index (χ1) is 5.70. The van der Waals surface area contributed by atoms with Crippen molar-refractivity contribution in [2.45, 2.75) is 13.5 Å². The third kappa shape index (κ3) is 0.964. The summed E-state index contributed by atoms with van der Waals surface area (Å²) >= 11 is 3.29. The Kier molecular flexibility index (Phi) is 1.68. The quantitative estimate of drug-likeness (QED) is 0.712. The van der Waals surface area contributed by atoms with E-state index in [9.17, 15) is 4.79 Å². The maximum Gasteiger partial charge on any atom is 0.269 e. The largest absolute Gasteiger partial charge is 0.349 e. The normalized spacial score (nSPS) is 15.7. The van der Waals surface area contributed by atoms with E-state index >= 15 is 0 Å². The zero-order chi connectivity index (χ0) is 8.72. The van der Waals surface area contributed by atoms with Crippen molar-refractivity contribution < 1.29 is 4.79 Å². The number of carbonyl (C=O) groups excluding carboxylic acids is 1. The predicted molar refractivity (Wildman–Crippen MR) is 47.0 cm³/mol. The second-order valence-electron chi connectivity index (χ2n) is 2.74. The molecule has 0 saturated carbocycles. The molecule has 1 aliphatic heterocycles. The van der Waals surface area contributed by atoms with Gasteiger partial charge in [-0.05, 0) is 22.9 Å². The second kappa shape index (κ2) is 2.58. The summed E-state index contributed by atoms with van der Waals surface area (Å²) in [6.07, 6.45) is 0. The first-order valence-electron chi connectivity index (χ1n) is 3.71. The van der Waals surface area contributed by atoms with E-state index < -0.39 is 0 Å². The van der Waals surface area contributed by atoms with Crippen LogP contribution < -0.4 is 5.32 Å². The van der Waals surface area contributed by atoms with Crippen molar-refractivity contribution in [3.8, 4) is 0 Å². The number of amides is 1. The fourth-order valence-electron chi connectivity index (χ4n) is 1.33. The number of nitrogens with zero attached hydrogens (tertiary/aromatic N) is 2. The van der Waals surface area contributed by atoms with Crippen molar-refractivity contribution in [2.24, 2.45) is 0 Å². The van der Waals surface area contributed by atoms with Gasteiger partial charge in [-0.1, -0.05) is 0 Å². The molecule has 2 rings (SSSR count). The SMILES string of the molecule is Cc1c(Br)nn2c1C(=O)NCC2. The summed E-state index contributed by atoms with van der Waals surface area (Å²) in [5.74, 6) is -0.0306. The zero-order valence-electron chi connectivity index (χ0n) is 6.59. The Balaban J connectivity index is 2.61. The van der Waals surface area contributed by atoms with Crippen molar-refractivity contribution in [1.29, 1.82) is 0 Å². The van der Waals surface area contributed by atoms with Crippen LogP contribution in [-0.2, 0) is 6.54 Å². The van der Waals surface area contributed by atoms with Crippen LogP contribution in [0.25, 0.3) is 0 Å². The standard InChI is InChI=1S/C7H8BrN3O/c1-4-5-7(12)9-2-3-11(5)10-6(4)8/h2-3H2,1H3,(H,9,12). The van der Waals surface area contributed by atoms with Crippen molar-refractivity contribution in [3.05, 3.63) is 15.9 Å². The highest BCUT2D eigenvalue weighted by atomic mass is 79.9. The molecular weight excluding hydrogens is 222 g/mol. The van der Waals surface area contributed by atoms with Gasteiger partial charge in [0.05, 0.1) is 6.54 Å². The highest BCUT2D eigenvalue weighted by molar-refractivity contribution is 9.10. The summed E-state index contributed by atoms with van der Waals surface area (Å²) in [5, 5.41) is 6.95. The molecule has 0 aliphatic carbocycles. The van der Waals surface area contributed by atoms with Crippen molar-refractivity contribution in [3.63, 3.8) is 0 Å². The summed E-state index contributed by atoms with van der Waals surface area (Å²) in [7, 11) is 0. The van der Waals surface area contributed by atoms with Crippen LogP contribution in [0.2, 0.25) is 0 Å². The van der Waals surface area contributed by atoms with E-state index in [1.54, 1.807) is 4.68 Å². The number of rotatable bonds is 0. The van der Waals surface area contributed by atoms with E-state index in [1.807, 2.05) is 6.92 Å².